The fraction of sp³-hybridized carbons (Fsp3) is 0.409. The van der Waals surface area contributed by atoms with Gasteiger partial charge in [-0.1, -0.05) is 30.3 Å². The van der Waals surface area contributed by atoms with E-state index >= 15 is 0 Å². The number of amides is 1. The first-order valence-electron chi connectivity index (χ1n) is 9.93. The summed E-state index contributed by atoms with van der Waals surface area (Å²) >= 11 is 0. The Labute approximate surface area is 170 Å². The van der Waals surface area contributed by atoms with Crippen molar-refractivity contribution in [2.75, 3.05) is 52.7 Å². The van der Waals surface area contributed by atoms with Gasteiger partial charge in [0.25, 0.3) is 5.91 Å². The summed E-state index contributed by atoms with van der Waals surface area (Å²) in [4.78, 5) is 16.9. The van der Waals surface area contributed by atoms with Gasteiger partial charge in [0, 0.05) is 38.3 Å². The molecule has 0 aliphatic carbocycles. The van der Waals surface area contributed by atoms with E-state index in [0.29, 0.717) is 36.8 Å². The second kappa shape index (κ2) is 9.26. The summed E-state index contributed by atoms with van der Waals surface area (Å²) in [5, 5.41) is 10.1. The van der Waals surface area contributed by atoms with Gasteiger partial charge in [0.15, 0.2) is 11.5 Å². The smallest absolute Gasteiger partial charge is 0.254 e. The lowest BCUT2D eigenvalue weighted by Crippen LogP contribution is -2.49. The van der Waals surface area contributed by atoms with Crippen LogP contribution in [-0.4, -0.2) is 73.5 Å². The van der Waals surface area contributed by atoms with Crippen LogP contribution in [0.2, 0.25) is 0 Å². The fourth-order valence-corrected chi connectivity index (χ4v) is 3.55. The number of ether oxygens (including phenoxy) is 3. The lowest BCUT2D eigenvalue weighted by atomic mass is 10.1. The van der Waals surface area contributed by atoms with Crippen LogP contribution in [0.1, 0.15) is 22.0 Å². The van der Waals surface area contributed by atoms with E-state index in [2.05, 4.69) is 4.90 Å². The van der Waals surface area contributed by atoms with Gasteiger partial charge in [0.2, 0.25) is 6.79 Å². The Hall–Kier alpha value is -2.61. The predicted octanol–water partition coefficient (Wildman–Crippen LogP) is 1.92. The number of aliphatic hydroxyl groups is 1. The molecule has 1 fully saturated rings. The Bertz CT molecular complexity index is 821. The molecule has 7 nitrogen and oxygen atoms in total. The van der Waals surface area contributed by atoms with E-state index in [1.54, 1.807) is 18.2 Å². The summed E-state index contributed by atoms with van der Waals surface area (Å²) in [6.07, 6.45) is -0.604. The van der Waals surface area contributed by atoms with Crippen molar-refractivity contribution in [3.63, 3.8) is 0 Å². The molecule has 1 atom stereocenters. The molecule has 1 saturated heterocycles. The Balaban J connectivity index is 1.17. The molecular formula is C22H26N2O5. The lowest BCUT2D eigenvalue weighted by Gasteiger charge is -2.34. The van der Waals surface area contributed by atoms with Gasteiger partial charge in [-0.15, -0.1) is 0 Å². The van der Waals surface area contributed by atoms with Crippen molar-refractivity contribution in [2.45, 2.75) is 6.10 Å². The minimum absolute atomic E-state index is 0.0187. The molecule has 4 rings (SSSR count). The molecule has 154 valence electrons. The number of piperazine rings is 1. The van der Waals surface area contributed by atoms with Crippen LogP contribution < -0.4 is 9.47 Å². The predicted molar refractivity (Wildman–Crippen MR) is 107 cm³/mol. The number of fused-ring (bicyclic) bond motifs is 1. The molecule has 2 aliphatic rings. The van der Waals surface area contributed by atoms with Crippen molar-refractivity contribution in [3.8, 4) is 11.5 Å². The number of nitrogens with zero attached hydrogens (tertiary/aromatic N) is 2. The van der Waals surface area contributed by atoms with Crippen LogP contribution in [0.25, 0.3) is 0 Å². The summed E-state index contributed by atoms with van der Waals surface area (Å²) in [5.74, 6) is 1.33. The average molecular weight is 398 g/mol. The third-order valence-corrected chi connectivity index (χ3v) is 5.29. The van der Waals surface area contributed by atoms with E-state index in [1.807, 2.05) is 35.2 Å². The van der Waals surface area contributed by atoms with E-state index in [0.717, 1.165) is 25.2 Å². The summed E-state index contributed by atoms with van der Waals surface area (Å²) in [7, 11) is 0. The first-order valence-corrected chi connectivity index (χ1v) is 9.93. The molecule has 2 heterocycles. The number of carbonyl (C=O) groups is 1. The SMILES string of the molecule is O=C(c1ccc2c(c1)OCO2)N1CCN(CCOCC(O)c2ccccc2)CC1. The monoisotopic (exact) mass is 398 g/mol. The number of hydrogen-bond acceptors (Lipinski definition) is 6. The maximum atomic E-state index is 12.7. The minimum atomic E-state index is -0.604. The zero-order chi connectivity index (χ0) is 20.1. The van der Waals surface area contributed by atoms with Gasteiger partial charge in [-0.25, -0.2) is 0 Å². The Morgan fingerprint density at radius 2 is 1.79 bits per heavy atom. The van der Waals surface area contributed by atoms with Crippen molar-refractivity contribution in [1.82, 2.24) is 9.80 Å². The summed E-state index contributed by atoms with van der Waals surface area (Å²) < 4.78 is 16.3. The third kappa shape index (κ3) is 4.87. The van der Waals surface area contributed by atoms with E-state index in [4.69, 9.17) is 14.2 Å². The van der Waals surface area contributed by atoms with E-state index in [-0.39, 0.29) is 19.3 Å². The molecule has 0 spiro atoms. The quantitative estimate of drug-likeness (QED) is 0.719. The van der Waals surface area contributed by atoms with Gasteiger partial charge in [-0.05, 0) is 23.8 Å². The van der Waals surface area contributed by atoms with Crippen molar-refractivity contribution in [3.05, 3.63) is 59.7 Å². The second-order valence-electron chi connectivity index (χ2n) is 7.20. The summed E-state index contributed by atoms with van der Waals surface area (Å²) in [6.45, 7) is 4.80. The fourth-order valence-electron chi connectivity index (χ4n) is 3.55. The van der Waals surface area contributed by atoms with Gasteiger partial charge in [-0.3, -0.25) is 9.69 Å². The third-order valence-electron chi connectivity index (χ3n) is 5.29. The molecule has 7 heteroatoms. The van der Waals surface area contributed by atoms with Gasteiger partial charge in [-0.2, -0.15) is 0 Å². The van der Waals surface area contributed by atoms with Crippen LogP contribution >= 0.6 is 0 Å². The molecule has 1 N–H and O–H groups in total. The number of hydrogen-bond donors (Lipinski definition) is 1. The molecule has 0 aromatic heterocycles. The number of carbonyl (C=O) groups excluding carboxylic acids is 1. The molecule has 0 bridgehead atoms. The topological polar surface area (TPSA) is 71.5 Å². The van der Waals surface area contributed by atoms with Crippen LogP contribution in [0, 0.1) is 0 Å². The largest absolute Gasteiger partial charge is 0.454 e. The summed E-state index contributed by atoms with van der Waals surface area (Å²) in [5.41, 5.74) is 1.49. The van der Waals surface area contributed by atoms with Crippen LogP contribution in [0.5, 0.6) is 11.5 Å². The molecular weight excluding hydrogens is 372 g/mol. The zero-order valence-electron chi connectivity index (χ0n) is 16.3. The highest BCUT2D eigenvalue weighted by Gasteiger charge is 2.24. The molecule has 1 amide bonds. The van der Waals surface area contributed by atoms with E-state index < -0.39 is 6.10 Å². The van der Waals surface area contributed by atoms with Gasteiger partial charge in [0.05, 0.1) is 13.2 Å². The highest BCUT2D eigenvalue weighted by Crippen LogP contribution is 2.32. The van der Waals surface area contributed by atoms with Crippen LogP contribution in [0.4, 0.5) is 0 Å². The van der Waals surface area contributed by atoms with E-state index in [1.165, 1.54) is 0 Å². The molecule has 2 aliphatic heterocycles. The highest BCUT2D eigenvalue weighted by atomic mass is 16.7. The maximum Gasteiger partial charge on any atom is 0.254 e. The number of aliphatic hydroxyl groups excluding tert-OH is 1. The Morgan fingerprint density at radius 1 is 1.03 bits per heavy atom. The first-order chi connectivity index (χ1) is 14.2. The van der Waals surface area contributed by atoms with E-state index in [9.17, 15) is 9.90 Å². The van der Waals surface area contributed by atoms with Crippen molar-refractivity contribution in [2.24, 2.45) is 0 Å². The zero-order valence-corrected chi connectivity index (χ0v) is 16.3. The van der Waals surface area contributed by atoms with Crippen molar-refractivity contribution >= 4 is 5.91 Å². The first kappa shape index (κ1) is 19.7. The molecule has 0 radical (unpaired) electrons. The molecule has 2 aromatic rings. The standard InChI is InChI=1S/C22H26N2O5/c25-19(17-4-2-1-3-5-17)15-27-13-12-23-8-10-24(11-9-23)22(26)18-6-7-20-21(14-18)29-16-28-20/h1-7,14,19,25H,8-13,15-16H2. The van der Waals surface area contributed by atoms with Gasteiger partial charge < -0.3 is 24.2 Å². The average Bonchev–Trinajstić information content (AvgIpc) is 3.25. The number of benzene rings is 2. The Kier molecular flexibility index (Phi) is 6.29. The maximum absolute atomic E-state index is 12.7. The lowest BCUT2D eigenvalue weighted by molar-refractivity contribution is 0.0198. The van der Waals surface area contributed by atoms with Crippen LogP contribution in [0.15, 0.2) is 48.5 Å². The normalized spacial score (nSPS) is 17.3. The van der Waals surface area contributed by atoms with Crippen molar-refractivity contribution in [1.29, 1.82) is 0 Å². The molecule has 1 unspecified atom stereocenters. The molecule has 2 aromatic carbocycles. The molecule has 29 heavy (non-hydrogen) atoms. The highest BCUT2D eigenvalue weighted by molar-refractivity contribution is 5.95. The second-order valence-corrected chi connectivity index (χ2v) is 7.20. The Morgan fingerprint density at radius 3 is 2.59 bits per heavy atom. The van der Waals surface area contributed by atoms with Gasteiger partial charge in [0.1, 0.15) is 6.10 Å². The van der Waals surface area contributed by atoms with Gasteiger partial charge >= 0.3 is 0 Å². The van der Waals surface area contributed by atoms with Crippen molar-refractivity contribution < 1.29 is 24.1 Å². The summed E-state index contributed by atoms with van der Waals surface area (Å²) in [6, 6.07) is 14.8. The van der Waals surface area contributed by atoms with Crippen LogP contribution in [-0.2, 0) is 4.74 Å². The van der Waals surface area contributed by atoms with Crippen LogP contribution in [0.3, 0.4) is 0 Å². The number of rotatable bonds is 7. The molecule has 0 saturated carbocycles. The minimum Gasteiger partial charge on any atom is -0.454 e.